The summed E-state index contributed by atoms with van der Waals surface area (Å²) in [6.07, 6.45) is 0.152. The van der Waals surface area contributed by atoms with Crippen LogP contribution in [0.1, 0.15) is 32.8 Å². The molecule has 204 valence electrons. The van der Waals surface area contributed by atoms with E-state index < -0.39 is 22.2 Å². The molecule has 4 rings (SSSR count). The van der Waals surface area contributed by atoms with Gasteiger partial charge in [0.25, 0.3) is 0 Å². The van der Waals surface area contributed by atoms with Gasteiger partial charge in [0.05, 0.1) is 12.2 Å². The third-order valence-corrected chi connectivity index (χ3v) is 13.1. The Balaban J connectivity index is 1.58. The highest BCUT2D eigenvalue weighted by Gasteiger charge is 2.43. The van der Waals surface area contributed by atoms with E-state index in [2.05, 4.69) is 50.9 Å². The number of rotatable bonds is 10. The fraction of sp³-hybridized carbons (Fsp3) is 0.400. The number of likely N-dealkylation sites (tertiary alicyclic amines) is 1. The average Bonchev–Trinajstić information content (AvgIpc) is 2.84. The molecule has 2 atom stereocenters. The molecule has 1 aliphatic rings. The molecule has 0 N–H and O–H groups in total. The van der Waals surface area contributed by atoms with Crippen LogP contribution in [-0.4, -0.2) is 38.5 Å². The molecule has 3 aromatic rings. The van der Waals surface area contributed by atoms with Crippen molar-refractivity contribution in [2.24, 2.45) is 0 Å². The molecule has 8 heteroatoms. The highest BCUT2D eigenvalue weighted by molar-refractivity contribution is 7.49. The first-order valence-electron chi connectivity index (χ1n) is 13.2. The van der Waals surface area contributed by atoms with Gasteiger partial charge >= 0.3 is 7.82 Å². The monoisotopic (exact) mass is 553 g/mol. The summed E-state index contributed by atoms with van der Waals surface area (Å²) in [4.78, 5) is 2.32. The molecule has 0 aliphatic carbocycles. The highest BCUT2D eigenvalue weighted by Crippen LogP contribution is 2.51. The second-order valence-corrected chi connectivity index (χ2v) is 17.6. The van der Waals surface area contributed by atoms with Crippen LogP contribution in [0.2, 0.25) is 18.1 Å². The van der Waals surface area contributed by atoms with Crippen molar-refractivity contribution in [2.75, 3.05) is 13.1 Å². The summed E-state index contributed by atoms with van der Waals surface area (Å²) in [5, 5.41) is 0.0766. The molecule has 0 spiro atoms. The lowest BCUT2D eigenvalue weighted by molar-refractivity contribution is -0.00365. The number of piperidine rings is 1. The molecule has 1 saturated heterocycles. The van der Waals surface area contributed by atoms with Gasteiger partial charge in [0.15, 0.2) is 8.32 Å². The van der Waals surface area contributed by atoms with Gasteiger partial charge in [-0.3, -0.25) is 9.42 Å². The molecule has 6 nitrogen and oxygen atoms in total. The van der Waals surface area contributed by atoms with Crippen molar-refractivity contribution in [2.45, 2.75) is 64.1 Å². The van der Waals surface area contributed by atoms with Crippen LogP contribution in [0, 0.1) is 0 Å². The molecule has 0 bridgehead atoms. The number of para-hydroxylation sites is 2. The van der Waals surface area contributed by atoms with Gasteiger partial charge in [-0.2, -0.15) is 0 Å². The van der Waals surface area contributed by atoms with Gasteiger partial charge in [0.1, 0.15) is 11.5 Å². The molecule has 3 aromatic carbocycles. The van der Waals surface area contributed by atoms with Crippen LogP contribution in [0.25, 0.3) is 0 Å². The van der Waals surface area contributed by atoms with Crippen molar-refractivity contribution < 1.29 is 22.6 Å². The lowest BCUT2D eigenvalue weighted by Gasteiger charge is -2.44. The Morgan fingerprint density at radius 3 is 1.76 bits per heavy atom. The largest absolute Gasteiger partial charge is 0.587 e. The zero-order chi connectivity index (χ0) is 27.2. The Hall–Kier alpha value is -2.41. The summed E-state index contributed by atoms with van der Waals surface area (Å²) in [5.41, 5.74) is 1.21. The smallest absolute Gasteiger partial charge is 0.413 e. The number of phosphoric acid groups is 1. The van der Waals surface area contributed by atoms with E-state index in [-0.39, 0.29) is 11.1 Å². The van der Waals surface area contributed by atoms with Gasteiger partial charge in [-0.15, -0.1) is 0 Å². The van der Waals surface area contributed by atoms with Crippen LogP contribution in [0.15, 0.2) is 91.0 Å². The Morgan fingerprint density at radius 1 is 0.789 bits per heavy atom. The number of benzene rings is 3. The minimum Gasteiger partial charge on any atom is -0.413 e. The maximum absolute atomic E-state index is 14.1. The van der Waals surface area contributed by atoms with Crippen molar-refractivity contribution in [3.63, 3.8) is 0 Å². The first kappa shape index (κ1) is 28.6. The summed E-state index contributed by atoms with van der Waals surface area (Å²) < 4.78 is 39.1. The molecule has 1 aliphatic heterocycles. The van der Waals surface area contributed by atoms with E-state index in [0.29, 0.717) is 24.5 Å². The Labute approximate surface area is 228 Å². The second kappa shape index (κ2) is 12.2. The highest BCUT2D eigenvalue weighted by atomic mass is 31.2. The maximum atomic E-state index is 14.1. The molecular formula is C30H40NO5PSi. The van der Waals surface area contributed by atoms with Crippen molar-refractivity contribution in [3.05, 3.63) is 96.6 Å². The van der Waals surface area contributed by atoms with Crippen LogP contribution in [-0.2, 0) is 20.1 Å². The predicted octanol–water partition coefficient (Wildman–Crippen LogP) is 7.93. The summed E-state index contributed by atoms with van der Waals surface area (Å²) in [7, 11) is -6.06. The van der Waals surface area contributed by atoms with Gasteiger partial charge in [0.2, 0.25) is 0 Å². The minimum absolute atomic E-state index is 0.0553. The lowest BCUT2D eigenvalue weighted by Crippen LogP contribution is -2.52. The van der Waals surface area contributed by atoms with Gasteiger partial charge in [0, 0.05) is 26.1 Å². The standard InChI is InChI=1S/C30H40NO5PSi/c1-30(2,3)38(4,5)36-29-21-28(23-31(24-29)22-25-15-9-6-10-16-25)35-37(32,33-26-17-11-7-12-18-26)34-27-19-13-8-14-20-27/h6-20,28-29H,21-24H2,1-5H3/t28-,29-/m1/s1. The van der Waals surface area contributed by atoms with Crippen molar-refractivity contribution in [1.82, 2.24) is 4.90 Å². The first-order valence-corrected chi connectivity index (χ1v) is 17.6. The number of hydrogen-bond donors (Lipinski definition) is 0. The molecule has 0 aromatic heterocycles. The third-order valence-electron chi connectivity index (χ3n) is 7.16. The van der Waals surface area contributed by atoms with Gasteiger partial charge < -0.3 is 13.5 Å². The van der Waals surface area contributed by atoms with Crippen molar-refractivity contribution in [3.8, 4) is 11.5 Å². The molecular weight excluding hydrogens is 513 g/mol. The van der Waals surface area contributed by atoms with Crippen LogP contribution in [0.5, 0.6) is 11.5 Å². The topological polar surface area (TPSA) is 57.2 Å². The van der Waals surface area contributed by atoms with E-state index >= 15 is 0 Å². The van der Waals surface area contributed by atoms with E-state index in [1.807, 2.05) is 54.6 Å². The van der Waals surface area contributed by atoms with E-state index in [4.69, 9.17) is 18.0 Å². The van der Waals surface area contributed by atoms with Crippen LogP contribution < -0.4 is 9.05 Å². The van der Waals surface area contributed by atoms with Crippen molar-refractivity contribution in [1.29, 1.82) is 0 Å². The Kier molecular flexibility index (Phi) is 9.17. The average molecular weight is 554 g/mol. The molecule has 0 radical (unpaired) electrons. The summed E-state index contributed by atoms with van der Waals surface area (Å²) >= 11 is 0. The van der Waals surface area contributed by atoms with Crippen LogP contribution in [0.3, 0.4) is 0 Å². The molecule has 0 saturated carbocycles. The van der Waals surface area contributed by atoms with E-state index in [0.717, 1.165) is 13.1 Å². The molecule has 1 fully saturated rings. The fourth-order valence-electron chi connectivity index (χ4n) is 4.28. The maximum Gasteiger partial charge on any atom is 0.587 e. The first-order chi connectivity index (χ1) is 18.0. The van der Waals surface area contributed by atoms with Crippen LogP contribution >= 0.6 is 7.82 Å². The zero-order valence-electron chi connectivity index (χ0n) is 23.1. The molecule has 38 heavy (non-hydrogen) atoms. The summed E-state index contributed by atoms with van der Waals surface area (Å²) in [5.74, 6) is 0.857. The van der Waals surface area contributed by atoms with Gasteiger partial charge in [-0.1, -0.05) is 87.5 Å². The fourth-order valence-corrected chi connectivity index (χ4v) is 7.04. The second-order valence-electron chi connectivity index (χ2n) is 11.4. The number of phosphoric ester groups is 1. The summed E-state index contributed by atoms with van der Waals surface area (Å²) in [6, 6.07) is 28.4. The van der Waals surface area contributed by atoms with Crippen molar-refractivity contribution >= 4 is 16.1 Å². The molecule has 0 unspecified atom stereocenters. The van der Waals surface area contributed by atoms with Gasteiger partial charge in [-0.05, 0) is 48.0 Å². The number of nitrogens with zero attached hydrogens (tertiary/aromatic N) is 1. The lowest BCUT2D eigenvalue weighted by atomic mass is 10.0. The Morgan fingerprint density at radius 2 is 1.26 bits per heavy atom. The van der Waals surface area contributed by atoms with E-state index in [9.17, 15) is 4.57 Å². The van der Waals surface area contributed by atoms with E-state index in [1.54, 1.807) is 24.3 Å². The zero-order valence-corrected chi connectivity index (χ0v) is 25.0. The quantitative estimate of drug-likeness (QED) is 0.188. The molecule has 1 heterocycles. The van der Waals surface area contributed by atoms with Crippen LogP contribution in [0.4, 0.5) is 0 Å². The normalized spacial score (nSPS) is 19.2. The SMILES string of the molecule is CC(C)(C)[Si](C)(C)O[C@@H]1C[C@@H](OP(=O)(Oc2ccccc2)Oc2ccccc2)CN(Cc2ccccc2)C1. The minimum atomic E-state index is -4.02. The summed E-state index contributed by atoms with van der Waals surface area (Å²) in [6.45, 7) is 13.4. The van der Waals surface area contributed by atoms with Gasteiger partial charge in [-0.25, -0.2) is 4.57 Å². The Bertz CT molecular complexity index is 1140. The third kappa shape index (κ3) is 8.04. The van der Waals surface area contributed by atoms with E-state index in [1.165, 1.54) is 5.56 Å². The molecule has 0 amide bonds. The number of hydrogen-bond acceptors (Lipinski definition) is 6. The predicted molar refractivity (Wildman–Crippen MR) is 155 cm³/mol.